The van der Waals surface area contributed by atoms with E-state index in [0.29, 0.717) is 0 Å². The van der Waals surface area contributed by atoms with Crippen LogP contribution in [0.1, 0.15) is 11.1 Å². The van der Waals surface area contributed by atoms with Gasteiger partial charge in [0, 0.05) is 4.90 Å². The number of hydrogen-bond donors (Lipinski definition) is 1. The Balaban J connectivity index is 2.15. The quantitative estimate of drug-likeness (QED) is 0.842. The normalized spacial score (nSPS) is 10.4. The first-order chi connectivity index (χ1) is 8.72. The summed E-state index contributed by atoms with van der Waals surface area (Å²) in [7, 11) is 0. The molecule has 0 unspecified atom stereocenters. The zero-order chi connectivity index (χ0) is 13.0. The molecule has 0 spiro atoms. The number of aliphatic hydroxyl groups is 1. The Morgan fingerprint density at radius 3 is 2.28 bits per heavy atom. The Morgan fingerprint density at radius 2 is 1.72 bits per heavy atom. The van der Waals surface area contributed by atoms with Gasteiger partial charge in [-0.15, -0.1) is 11.8 Å². The molecule has 0 aliphatic carbocycles. The summed E-state index contributed by atoms with van der Waals surface area (Å²) < 4.78 is 5.77. The molecule has 0 heterocycles. The molecule has 0 atom stereocenters. The summed E-state index contributed by atoms with van der Waals surface area (Å²) in [6, 6.07) is 13.7. The maximum Gasteiger partial charge on any atom is 0.127 e. The molecule has 0 aliphatic heterocycles. The third-order valence-corrected chi connectivity index (χ3v) is 3.52. The summed E-state index contributed by atoms with van der Waals surface area (Å²) >= 11 is 1.71. The fourth-order valence-corrected chi connectivity index (χ4v) is 2.10. The monoisotopic (exact) mass is 260 g/mol. The molecular weight excluding hydrogens is 244 g/mol. The van der Waals surface area contributed by atoms with E-state index in [1.807, 2.05) is 55.6 Å². The van der Waals surface area contributed by atoms with Crippen molar-refractivity contribution in [2.24, 2.45) is 0 Å². The maximum atomic E-state index is 9.11. The molecule has 2 rings (SSSR count). The molecule has 2 aromatic rings. The molecule has 0 aromatic heterocycles. The molecule has 0 amide bonds. The lowest BCUT2D eigenvalue weighted by Crippen LogP contribution is -1.90. The number of aryl methyl sites for hydroxylation is 1. The van der Waals surface area contributed by atoms with E-state index in [0.717, 1.165) is 22.6 Å². The lowest BCUT2D eigenvalue weighted by Gasteiger charge is -2.09. The Morgan fingerprint density at radius 1 is 1.06 bits per heavy atom. The topological polar surface area (TPSA) is 29.5 Å². The summed E-state index contributed by atoms with van der Waals surface area (Å²) in [5, 5.41) is 9.11. The molecule has 0 saturated heterocycles. The van der Waals surface area contributed by atoms with E-state index in [4.69, 9.17) is 9.84 Å². The molecule has 0 fully saturated rings. The van der Waals surface area contributed by atoms with Crippen LogP contribution in [0.25, 0.3) is 0 Å². The highest BCUT2D eigenvalue weighted by molar-refractivity contribution is 7.98. The smallest absolute Gasteiger partial charge is 0.127 e. The predicted octanol–water partition coefficient (Wildman–Crippen LogP) is 4.00. The van der Waals surface area contributed by atoms with E-state index in [1.54, 1.807) is 11.8 Å². The molecule has 3 heteroatoms. The van der Waals surface area contributed by atoms with E-state index in [1.165, 1.54) is 4.90 Å². The minimum Gasteiger partial charge on any atom is -0.457 e. The second-order valence-electron chi connectivity index (χ2n) is 4.02. The first-order valence-corrected chi connectivity index (χ1v) is 6.97. The molecule has 0 saturated carbocycles. The molecule has 0 bridgehead atoms. The molecule has 0 radical (unpaired) electrons. The molecule has 2 nitrogen and oxygen atoms in total. The molecule has 18 heavy (non-hydrogen) atoms. The minimum atomic E-state index is 0.0640. The van der Waals surface area contributed by atoms with Crippen molar-refractivity contribution < 1.29 is 9.84 Å². The van der Waals surface area contributed by atoms with Crippen molar-refractivity contribution in [2.75, 3.05) is 6.26 Å². The number of aliphatic hydroxyl groups excluding tert-OH is 1. The van der Waals surface area contributed by atoms with Gasteiger partial charge >= 0.3 is 0 Å². The van der Waals surface area contributed by atoms with Crippen molar-refractivity contribution in [1.82, 2.24) is 0 Å². The van der Waals surface area contributed by atoms with Crippen LogP contribution in [0, 0.1) is 6.92 Å². The number of thioether (sulfide) groups is 1. The van der Waals surface area contributed by atoms with E-state index >= 15 is 0 Å². The Kier molecular flexibility index (Phi) is 4.28. The molecule has 94 valence electrons. The van der Waals surface area contributed by atoms with Gasteiger partial charge in [-0.3, -0.25) is 0 Å². The van der Waals surface area contributed by atoms with Crippen molar-refractivity contribution in [3.05, 3.63) is 53.6 Å². The van der Waals surface area contributed by atoms with Crippen molar-refractivity contribution in [3.8, 4) is 11.5 Å². The first kappa shape index (κ1) is 13.0. The highest BCUT2D eigenvalue weighted by atomic mass is 32.2. The van der Waals surface area contributed by atoms with Gasteiger partial charge in [0.25, 0.3) is 0 Å². The van der Waals surface area contributed by atoms with Gasteiger partial charge in [-0.2, -0.15) is 0 Å². The van der Waals surface area contributed by atoms with Gasteiger partial charge in [0.2, 0.25) is 0 Å². The van der Waals surface area contributed by atoms with Gasteiger partial charge in [-0.1, -0.05) is 6.07 Å². The average molecular weight is 260 g/mol. The van der Waals surface area contributed by atoms with Gasteiger partial charge in [0.15, 0.2) is 0 Å². The number of hydrogen-bond acceptors (Lipinski definition) is 3. The zero-order valence-corrected chi connectivity index (χ0v) is 11.3. The van der Waals surface area contributed by atoms with E-state index in [2.05, 4.69) is 0 Å². The largest absolute Gasteiger partial charge is 0.457 e. The molecule has 0 aliphatic rings. The lowest BCUT2D eigenvalue weighted by atomic mass is 10.1. The van der Waals surface area contributed by atoms with Crippen LogP contribution in [0.2, 0.25) is 0 Å². The van der Waals surface area contributed by atoms with E-state index < -0.39 is 0 Å². The SMILES string of the molecule is CSc1ccc(Oc2ccc(CO)c(C)c2)cc1. The summed E-state index contributed by atoms with van der Waals surface area (Å²) in [6.07, 6.45) is 2.05. The number of rotatable bonds is 4. The van der Waals surface area contributed by atoms with Crippen molar-refractivity contribution in [2.45, 2.75) is 18.4 Å². The van der Waals surface area contributed by atoms with Gasteiger partial charge in [-0.05, 0) is 60.7 Å². The first-order valence-electron chi connectivity index (χ1n) is 5.75. The molecular formula is C15H16O2S. The van der Waals surface area contributed by atoms with Gasteiger partial charge in [-0.25, -0.2) is 0 Å². The van der Waals surface area contributed by atoms with E-state index in [-0.39, 0.29) is 6.61 Å². The van der Waals surface area contributed by atoms with Crippen LogP contribution >= 0.6 is 11.8 Å². The molecule has 2 aromatic carbocycles. The molecule has 1 N–H and O–H groups in total. The standard InChI is InChI=1S/C15H16O2S/c1-11-9-14(4-3-12(11)10-16)17-13-5-7-15(18-2)8-6-13/h3-9,16H,10H2,1-2H3. The van der Waals surface area contributed by atoms with Crippen molar-refractivity contribution in [3.63, 3.8) is 0 Å². The summed E-state index contributed by atoms with van der Waals surface area (Å²) in [4.78, 5) is 1.22. The van der Waals surface area contributed by atoms with Crippen LogP contribution in [0.15, 0.2) is 47.4 Å². The fourth-order valence-electron chi connectivity index (χ4n) is 1.69. The summed E-state index contributed by atoms with van der Waals surface area (Å²) in [5.74, 6) is 1.62. The predicted molar refractivity (Wildman–Crippen MR) is 75.4 cm³/mol. The summed E-state index contributed by atoms with van der Waals surface area (Å²) in [5.41, 5.74) is 1.97. The number of ether oxygens (including phenoxy) is 1. The minimum absolute atomic E-state index is 0.0640. The second kappa shape index (κ2) is 5.94. The second-order valence-corrected chi connectivity index (χ2v) is 4.90. The van der Waals surface area contributed by atoms with Gasteiger partial charge in [0.05, 0.1) is 6.61 Å². The van der Waals surface area contributed by atoms with Crippen molar-refractivity contribution >= 4 is 11.8 Å². The van der Waals surface area contributed by atoms with Crippen LogP contribution in [-0.2, 0) is 6.61 Å². The zero-order valence-electron chi connectivity index (χ0n) is 10.5. The average Bonchev–Trinajstić information content (AvgIpc) is 2.40. The number of benzene rings is 2. The Labute approximate surface area is 112 Å². The van der Waals surface area contributed by atoms with E-state index in [9.17, 15) is 0 Å². The Hall–Kier alpha value is -1.45. The third kappa shape index (κ3) is 3.06. The van der Waals surface area contributed by atoms with Gasteiger partial charge in [0.1, 0.15) is 11.5 Å². The highest BCUT2D eigenvalue weighted by Gasteiger charge is 2.01. The summed E-state index contributed by atoms with van der Waals surface area (Å²) in [6.45, 7) is 2.03. The van der Waals surface area contributed by atoms with Crippen LogP contribution in [0.3, 0.4) is 0 Å². The van der Waals surface area contributed by atoms with Gasteiger partial charge < -0.3 is 9.84 Å². The van der Waals surface area contributed by atoms with Crippen LogP contribution < -0.4 is 4.74 Å². The lowest BCUT2D eigenvalue weighted by molar-refractivity contribution is 0.281. The van der Waals surface area contributed by atoms with Crippen LogP contribution in [0.5, 0.6) is 11.5 Å². The van der Waals surface area contributed by atoms with Crippen LogP contribution in [0.4, 0.5) is 0 Å². The fraction of sp³-hybridized carbons (Fsp3) is 0.200. The highest BCUT2D eigenvalue weighted by Crippen LogP contribution is 2.25. The Bertz CT molecular complexity index is 521. The maximum absolute atomic E-state index is 9.11. The third-order valence-electron chi connectivity index (χ3n) is 2.78. The van der Waals surface area contributed by atoms with Crippen molar-refractivity contribution in [1.29, 1.82) is 0 Å². The van der Waals surface area contributed by atoms with Crippen LogP contribution in [-0.4, -0.2) is 11.4 Å².